The summed E-state index contributed by atoms with van der Waals surface area (Å²) in [6.07, 6.45) is 2.17. The van der Waals surface area contributed by atoms with E-state index < -0.39 is 0 Å². The molecule has 2 aromatic heterocycles. The van der Waals surface area contributed by atoms with Crippen molar-refractivity contribution in [3.63, 3.8) is 0 Å². The van der Waals surface area contributed by atoms with Crippen molar-refractivity contribution in [3.05, 3.63) is 78.0 Å². The van der Waals surface area contributed by atoms with Gasteiger partial charge in [-0.05, 0) is 37.9 Å². The Bertz CT molecular complexity index is 1440. The molecule has 9 heteroatoms. The molecule has 1 atom stereocenters. The number of H-pyrrole nitrogens is 1. The summed E-state index contributed by atoms with van der Waals surface area (Å²) in [4.78, 5) is 42.0. The van der Waals surface area contributed by atoms with Crippen molar-refractivity contribution in [1.29, 1.82) is 0 Å². The smallest absolute Gasteiger partial charge is 0.270 e. The molecule has 1 aliphatic heterocycles. The number of aryl methyl sites for hydroxylation is 1. The molecule has 3 N–H and O–H groups in total. The highest BCUT2D eigenvalue weighted by atomic mass is 16.2. The number of carbonyl (C=O) groups excluding carboxylic acids is 2. The van der Waals surface area contributed by atoms with Crippen molar-refractivity contribution in [2.45, 2.75) is 32.7 Å². The second-order valence-corrected chi connectivity index (χ2v) is 10.3. The number of aromatic amines is 1. The van der Waals surface area contributed by atoms with Gasteiger partial charge in [-0.3, -0.25) is 14.5 Å². The zero-order valence-corrected chi connectivity index (χ0v) is 23.2. The number of nitrogens with one attached hydrogen (secondary N) is 3. The summed E-state index contributed by atoms with van der Waals surface area (Å²) in [6, 6.07) is 22.5. The largest absolute Gasteiger partial charge is 0.368 e. The zero-order valence-electron chi connectivity index (χ0n) is 23.2. The molecular formula is C31H37N7O2. The molecule has 0 bridgehead atoms. The molecule has 1 fully saturated rings. The predicted octanol–water partition coefficient (Wildman–Crippen LogP) is 3.95. The van der Waals surface area contributed by atoms with E-state index in [4.69, 9.17) is 9.97 Å². The lowest BCUT2D eigenvalue weighted by Gasteiger charge is -2.39. The van der Waals surface area contributed by atoms with Crippen LogP contribution in [0, 0.1) is 0 Å². The monoisotopic (exact) mass is 539 g/mol. The summed E-state index contributed by atoms with van der Waals surface area (Å²) in [7, 11) is 0. The molecule has 208 valence electrons. The number of rotatable bonds is 10. The van der Waals surface area contributed by atoms with Crippen LogP contribution in [0.25, 0.3) is 22.4 Å². The molecule has 3 heterocycles. The van der Waals surface area contributed by atoms with Crippen LogP contribution >= 0.6 is 0 Å². The van der Waals surface area contributed by atoms with Crippen LogP contribution in [0.1, 0.15) is 36.3 Å². The number of aromatic nitrogens is 3. The number of hydrogen-bond donors (Lipinski definition) is 3. The Morgan fingerprint density at radius 1 is 1.00 bits per heavy atom. The minimum atomic E-state index is -0.0837. The molecule has 0 radical (unpaired) electrons. The molecular weight excluding hydrogens is 502 g/mol. The molecule has 4 aromatic rings. The van der Waals surface area contributed by atoms with Gasteiger partial charge in [0.15, 0.2) is 5.82 Å². The maximum absolute atomic E-state index is 13.6. The minimum absolute atomic E-state index is 0.0285. The van der Waals surface area contributed by atoms with Gasteiger partial charge in [0.1, 0.15) is 17.2 Å². The second kappa shape index (κ2) is 12.7. The Morgan fingerprint density at radius 3 is 2.48 bits per heavy atom. The summed E-state index contributed by atoms with van der Waals surface area (Å²) >= 11 is 0. The Kier molecular flexibility index (Phi) is 8.71. The molecule has 2 aromatic carbocycles. The average Bonchev–Trinajstić information content (AvgIpc) is 3.41. The first-order valence-corrected chi connectivity index (χ1v) is 14.0. The van der Waals surface area contributed by atoms with Crippen molar-refractivity contribution < 1.29 is 9.59 Å². The van der Waals surface area contributed by atoms with Crippen molar-refractivity contribution in [3.8, 4) is 11.4 Å². The third-order valence-corrected chi connectivity index (χ3v) is 7.35. The normalized spacial score (nSPS) is 15.8. The van der Waals surface area contributed by atoms with Gasteiger partial charge in [0.2, 0.25) is 5.91 Å². The van der Waals surface area contributed by atoms with E-state index in [1.807, 2.05) is 41.3 Å². The fourth-order valence-electron chi connectivity index (χ4n) is 5.21. The number of nitrogens with zero attached hydrogens (tertiary/aromatic N) is 4. The Hall–Kier alpha value is -4.24. The third kappa shape index (κ3) is 6.66. The van der Waals surface area contributed by atoms with Crippen molar-refractivity contribution in [1.82, 2.24) is 30.1 Å². The highest BCUT2D eigenvalue weighted by molar-refractivity contribution is 6.00. The van der Waals surface area contributed by atoms with Crippen molar-refractivity contribution in [2.24, 2.45) is 0 Å². The lowest BCUT2D eigenvalue weighted by atomic mass is 10.1. The molecule has 1 saturated heterocycles. The predicted molar refractivity (Wildman–Crippen MR) is 158 cm³/mol. The SMILES string of the molecule is CC(=O)NCCNc1nc(-c2ccccc2)nc2[nH]c(C(=O)N3CCN(CCCc4ccccc4)C(C)C3)cc12. The van der Waals surface area contributed by atoms with Crippen LogP contribution in [0.3, 0.4) is 0 Å². The van der Waals surface area contributed by atoms with Crippen LogP contribution in [-0.2, 0) is 11.2 Å². The Labute approximate surface area is 235 Å². The zero-order chi connectivity index (χ0) is 27.9. The van der Waals surface area contributed by atoms with Gasteiger partial charge in [-0.15, -0.1) is 0 Å². The number of hydrogen-bond acceptors (Lipinski definition) is 6. The third-order valence-electron chi connectivity index (χ3n) is 7.35. The maximum atomic E-state index is 13.6. The number of fused-ring (bicyclic) bond motifs is 1. The standard InChI is InChI=1S/C31H37N7O2/c1-22-21-38(19-18-37(22)17-9-12-24-10-5-3-6-11-24)31(40)27-20-26-29(33-16-15-32-23(2)39)35-28(36-30(26)34-27)25-13-7-4-8-14-25/h3-8,10-11,13-14,20,22H,9,12,15-19,21H2,1-2H3,(H,32,39)(H2,33,34,35,36). The van der Waals surface area contributed by atoms with Gasteiger partial charge in [0.05, 0.1) is 5.39 Å². The topological polar surface area (TPSA) is 106 Å². The summed E-state index contributed by atoms with van der Waals surface area (Å²) in [5.74, 6) is 1.08. The first kappa shape index (κ1) is 27.3. The molecule has 2 amide bonds. The van der Waals surface area contributed by atoms with Crippen LogP contribution in [0.4, 0.5) is 5.82 Å². The maximum Gasteiger partial charge on any atom is 0.270 e. The fraction of sp³-hybridized carbons (Fsp3) is 0.355. The van der Waals surface area contributed by atoms with E-state index in [0.29, 0.717) is 49.2 Å². The van der Waals surface area contributed by atoms with E-state index in [2.05, 4.69) is 57.8 Å². The van der Waals surface area contributed by atoms with Gasteiger partial charge in [-0.1, -0.05) is 60.7 Å². The van der Waals surface area contributed by atoms with E-state index in [0.717, 1.165) is 36.9 Å². The van der Waals surface area contributed by atoms with Gasteiger partial charge in [-0.2, -0.15) is 0 Å². The Morgan fingerprint density at radius 2 is 1.75 bits per heavy atom. The summed E-state index contributed by atoms with van der Waals surface area (Å²) in [6.45, 7) is 7.90. The molecule has 1 unspecified atom stereocenters. The molecule has 9 nitrogen and oxygen atoms in total. The van der Waals surface area contributed by atoms with Crippen molar-refractivity contribution in [2.75, 3.05) is 44.6 Å². The molecule has 0 saturated carbocycles. The lowest BCUT2D eigenvalue weighted by Crippen LogP contribution is -2.53. The summed E-state index contributed by atoms with van der Waals surface area (Å²) < 4.78 is 0. The van der Waals surface area contributed by atoms with Gasteiger partial charge in [0, 0.05) is 51.3 Å². The van der Waals surface area contributed by atoms with E-state index >= 15 is 0 Å². The van der Waals surface area contributed by atoms with Gasteiger partial charge in [-0.25, -0.2) is 9.97 Å². The highest BCUT2D eigenvalue weighted by Gasteiger charge is 2.28. The number of anilines is 1. The number of carbonyl (C=O) groups is 2. The Balaban J connectivity index is 1.28. The van der Waals surface area contributed by atoms with E-state index in [9.17, 15) is 9.59 Å². The van der Waals surface area contributed by atoms with Crippen LogP contribution in [0.5, 0.6) is 0 Å². The second-order valence-electron chi connectivity index (χ2n) is 10.3. The fourth-order valence-corrected chi connectivity index (χ4v) is 5.21. The van der Waals surface area contributed by atoms with Crippen molar-refractivity contribution >= 4 is 28.7 Å². The first-order valence-electron chi connectivity index (χ1n) is 14.0. The van der Waals surface area contributed by atoms with Crippen LogP contribution in [-0.4, -0.2) is 81.9 Å². The molecule has 0 aliphatic carbocycles. The highest BCUT2D eigenvalue weighted by Crippen LogP contribution is 2.26. The minimum Gasteiger partial charge on any atom is -0.368 e. The molecule has 5 rings (SSSR count). The van der Waals surface area contributed by atoms with E-state index in [-0.39, 0.29) is 17.9 Å². The first-order chi connectivity index (χ1) is 19.5. The molecule has 1 aliphatic rings. The van der Waals surface area contributed by atoms with Gasteiger partial charge >= 0.3 is 0 Å². The number of benzene rings is 2. The van der Waals surface area contributed by atoms with E-state index in [1.165, 1.54) is 12.5 Å². The lowest BCUT2D eigenvalue weighted by molar-refractivity contribution is -0.118. The summed E-state index contributed by atoms with van der Waals surface area (Å²) in [5.41, 5.74) is 3.36. The van der Waals surface area contributed by atoms with Crippen LogP contribution in [0.2, 0.25) is 0 Å². The van der Waals surface area contributed by atoms with E-state index in [1.54, 1.807) is 0 Å². The summed E-state index contributed by atoms with van der Waals surface area (Å²) in [5, 5.41) is 6.85. The number of amides is 2. The molecule has 0 spiro atoms. The quantitative estimate of drug-likeness (QED) is 0.264. The average molecular weight is 540 g/mol. The van der Waals surface area contributed by atoms with Gasteiger partial charge < -0.3 is 20.5 Å². The van der Waals surface area contributed by atoms with Gasteiger partial charge in [0.25, 0.3) is 5.91 Å². The van der Waals surface area contributed by atoms with Crippen LogP contribution in [0.15, 0.2) is 66.7 Å². The number of piperazine rings is 1. The molecule has 40 heavy (non-hydrogen) atoms. The van der Waals surface area contributed by atoms with Crippen LogP contribution < -0.4 is 10.6 Å².